The summed E-state index contributed by atoms with van der Waals surface area (Å²) in [6.07, 6.45) is -2.76. The van der Waals surface area contributed by atoms with Gasteiger partial charge in [-0.15, -0.1) is 11.3 Å². The number of hydrogen-bond acceptors (Lipinski definition) is 3. The number of halogens is 3. The molecule has 1 aromatic carbocycles. The van der Waals surface area contributed by atoms with E-state index in [-0.39, 0.29) is 5.69 Å². The molecule has 0 bridgehead atoms. The van der Waals surface area contributed by atoms with Crippen molar-refractivity contribution < 1.29 is 18.0 Å². The molecule has 0 spiro atoms. The summed E-state index contributed by atoms with van der Waals surface area (Å²) >= 11 is 0.423. The van der Waals surface area contributed by atoms with Crippen LogP contribution in [0.4, 0.5) is 18.9 Å². The maximum Gasteiger partial charge on any atom is 0.443 e. The van der Waals surface area contributed by atoms with Gasteiger partial charge in [0.2, 0.25) is 0 Å². The van der Waals surface area contributed by atoms with Gasteiger partial charge < -0.3 is 9.88 Å². The average molecular weight is 339 g/mol. The minimum absolute atomic E-state index is 0.196. The first-order chi connectivity index (χ1) is 10.9. The van der Waals surface area contributed by atoms with Gasteiger partial charge in [0, 0.05) is 34.7 Å². The topological polar surface area (TPSA) is 49.0 Å². The summed E-state index contributed by atoms with van der Waals surface area (Å²) in [6.45, 7) is 2.09. The minimum atomic E-state index is -4.54. The van der Waals surface area contributed by atoms with Crippen molar-refractivity contribution >= 4 is 33.8 Å². The van der Waals surface area contributed by atoms with E-state index in [4.69, 9.17) is 0 Å². The van der Waals surface area contributed by atoms with Crippen LogP contribution in [0.15, 0.2) is 35.8 Å². The smallest absolute Gasteiger partial charge is 0.361 e. The van der Waals surface area contributed by atoms with Crippen LogP contribution in [0.25, 0.3) is 10.9 Å². The molecule has 0 aliphatic rings. The molecule has 0 saturated carbocycles. The molecule has 0 fully saturated rings. The number of nitrogens with one attached hydrogen (secondary N) is 1. The number of nitrogens with zero attached hydrogens (tertiary/aromatic N) is 2. The predicted octanol–water partition coefficient (Wildman–Crippen LogP) is 4.31. The van der Waals surface area contributed by atoms with E-state index in [0.717, 1.165) is 16.3 Å². The van der Waals surface area contributed by atoms with E-state index < -0.39 is 17.1 Å². The fourth-order valence-corrected chi connectivity index (χ4v) is 2.95. The molecule has 1 amide bonds. The Morgan fingerprint density at radius 2 is 2.13 bits per heavy atom. The fourth-order valence-electron chi connectivity index (χ4n) is 2.29. The molecule has 23 heavy (non-hydrogen) atoms. The summed E-state index contributed by atoms with van der Waals surface area (Å²) in [5.41, 5.74) is 1.34. The fraction of sp³-hybridized carbons (Fsp3) is 0.200. The van der Waals surface area contributed by atoms with Gasteiger partial charge in [0.25, 0.3) is 5.91 Å². The largest absolute Gasteiger partial charge is 0.443 e. The maximum atomic E-state index is 12.6. The van der Waals surface area contributed by atoms with Gasteiger partial charge in [-0.1, -0.05) is 0 Å². The van der Waals surface area contributed by atoms with Gasteiger partial charge >= 0.3 is 6.18 Å². The zero-order valence-corrected chi connectivity index (χ0v) is 12.8. The van der Waals surface area contributed by atoms with Crippen LogP contribution in [-0.4, -0.2) is 22.4 Å². The highest BCUT2D eigenvalue weighted by Crippen LogP contribution is 2.32. The van der Waals surface area contributed by atoms with Crippen LogP contribution in [0.1, 0.15) is 22.4 Å². The van der Waals surface area contributed by atoms with Crippen LogP contribution in [0.2, 0.25) is 0 Å². The Kier molecular flexibility index (Phi) is 3.85. The Morgan fingerprint density at radius 1 is 1.35 bits per heavy atom. The Bertz CT molecular complexity index is 853. The summed E-state index contributed by atoms with van der Waals surface area (Å²) in [5.74, 6) is -0.547. The predicted molar refractivity (Wildman–Crippen MR) is 82.8 cm³/mol. The molecule has 0 aliphatic carbocycles. The second kappa shape index (κ2) is 5.69. The summed E-state index contributed by atoms with van der Waals surface area (Å²) < 4.78 is 37.9. The monoisotopic (exact) mass is 339 g/mol. The first-order valence-corrected chi connectivity index (χ1v) is 7.70. The van der Waals surface area contributed by atoms with E-state index in [1.807, 2.05) is 18.2 Å². The molecule has 120 valence electrons. The number of benzene rings is 1. The average Bonchev–Trinajstić information content (AvgIpc) is 3.16. The first-order valence-electron chi connectivity index (χ1n) is 6.82. The third-order valence-corrected chi connectivity index (χ3v) is 4.26. The molecule has 1 N–H and O–H groups in total. The molecule has 8 heteroatoms. The van der Waals surface area contributed by atoms with Gasteiger partial charge in [-0.25, -0.2) is 4.98 Å². The molecule has 0 radical (unpaired) electrons. The van der Waals surface area contributed by atoms with E-state index >= 15 is 0 Å². The van der Waals surface area contributed by atoms with Crippen LogP contribution in [0.3, 0.4) is 0 Å². The van der Waals surface area contributed by atoms with Gasteiger partial charge in [0.05, 0.1) is 0 Å². The van der Waals surface area contributed by atoms with Crippen LogP contribution < -0.4 is 4.90 Å². The highest BCUT2D eigenvalue weighted by Gasteiger charge is 2.35. The normalized spacial score (nSPS) is 11.8. The second-order valence-electron chi connectivity index (χ2n) is 4.83. The van der Waals surface area contributed by atoms with Crippen LogP contribution in [0, 0.1) is 0 Å². The molecule has 2 heterocycles. The van der Waals surface area contributed by atoms with E-state index in [2.05, 4.69) is 9.97 Å². The number of fused-ring (bicyclic) bond motifs is 1. The van der Waals surface area contributed by atoms with Crippen molar-refractivity contribution in [2.75, 3.05) is 11.4 Å². The molecule has 0 atom stereocenters. The van der Waals surface area contributed by atoms with Gasteiger partial charge in [-0.05, 0) is 31.2 Å². The lowest BCUT2D eigenvalue weighted by molar-refractivity contribution is -0.137. The summed E-state index contributed by atoms with van der Waals surface area (Å²) in [6, 6.07) is 7.24. The lowest BCUT2D eigenvalue weighted by Gasteiger charge is -2.20. The second-order valence-corrected chi connectivity index (χ2v) is 5.69. The van der Waals surface area contributed by atoms with Crippen molar-refractivity contribution in [3.63, 3.8) is 0 Å². The number of alkyl halides is 3. The molecule has 0 saturated heterocycles. The molecule has 3 rings (SSSR count). The molecule has 0 unspecified atom stereocenters. The highest BCUT2D eigenvalue weighted by molar-refractivity contribution is 7.10. The SMILES string of the molecule is CCN(C(=O)c1csc(C(F)(F)F)n1)c1ccc2[nH]ccc2c1. The number of anilines is 1. The first kappa shape index (κ1) is 15.5. The number of rotatable bonds is 3. The molecular weight excluding hydrogens is 327 g/mol. The Hall–Kier alpha value is -2.35. The zero-order chi connectivity index (χ0) is 16.6. The van der Waals surface area contributed by atoms with Gasteiger partial charge in [-0.2, -0.15) is 13.2 Å². The van der Waals surface area contributed by atoms with Crippen LogP contribution >= 0.6 is 11.3 Å². The van der Waals surface area contributed by atoms with Crippen molar-refractivity contribution in [2.24, 2.45) is 0 Å². The lowest BCUT2D eigenvalue weighted by Crippen LogP contribution is -2.31. The molecule has 2 aromatic heterocycles. The molecule has 4 nitrogen and oxygen atoms in total. The lowest BCUT2D eigenvalue weighted by atomic mass is 10.2. The number of aromatic nitrogens is 2. The van der Waals surface area contributed by atoms with Crippen LogP contribution in [0.5, 0.6) is 0 Å². The quantitative estimate of drug-likeness (QED) is 0.773. The molecule has 3 aromatic rings. The number of H-pyrrole nitrogens is 1. The molecule has 0 aliphatic heterocycles. The number of amides is 1. The Morgan fingerprint density at radius 3 is 2.78 bits per heavy atom. The van der Waals surface area contributed by atoms with Crippen molar-refractivity contribution in [1.29, 1.82) is 0 Å². The van der Waals surface area contributed by atoms with Crippen molar-refractivity contribution in [2.45, 2.75) is 13.1 Å². The van der Waals surface area contributed by atoms with Crippen molar-refractivity contribution in [1.82, 2.24) is 9.97 Å². The minimum Gasteiger partial charge on any atom is -0.361 e. The van der Waals surface area contributed by atoms with Gasteiger partial charge in [0.15, 0.2) is 5.01 Å². The van der Waals surface area contributed by atoms with E-state index in [9.17, 15) is 18.0 Å². The number of hydrogen-bond donors (Lipinski definition) is 1. The third-order valence-electron chi connectivity index (χ3n) is 3.38. The Labute approximate surface area is 133 Å². The number of carbonyl (C=O) groups excluding carboxylic acids is 1. The van der Waals surface area contributed by atoms with Crippen LogP contribution in [-0.2, 0) is 6.18 Å². The van der Waals surface area contributed by atoms with Crippen molar-refractivity contribution in [3.8, 4) is 0 Å². The number of carbonyl (C=O) groups is 1. The summed E-state index contributed by atoms with van der Waals surface area (Å²) in [5, 5.41) is 1.05. The zero-order valence-electron chi connectivity index (χ0n) is 12.0. The molecular formula is C15H12F3N3OS. The summed E-state index contributed by atoms with van der Waals surface area (Å²) in [7, 11) is 0. The number of aromatic amines is 1. The van der Waals surface area contributed by atoms with Gasteiger partial charge in [0.1, 0.15) is 5.69 Å². The summed E-state index contributed by atoms with van der Waals surface area (Å²) in [4.78, 5) is 20.4. The van der Waals surface area contributed by atoms with E-state index in [0.29, 0.717) is 23.6 Å². The standard InChI is InChI=1S/C15H12F3N3OS/c1-2-21(10-3-4-11-9(7-10)5-6-19-11)13(22)12-8-23-14(20-12)15(16,17)18/h3-8,19H,2H2,1H3. The Balaban J connectivity index is 1.93. The van der Waals surface area contributed by atoms with E-state index in [1.165, 1.54) is 4.90 Å². The van der Waals surface area contributed by atoms with Crippen molar-refractivity contribution in [3.05, 3.63) is 46.5 Å². The highest BCUT2D eigenvalue weighted by atomic mass is 32.1. The third kappa shape index (κ3) is 2.94. The maximum absolute atomic E-state index is 12.6. The number of thiazole rings is 1. The van der Waals surface area contributed by atoms with Gasteiger partial charge in [-0.3, -0.25) is 4.79 Å². The van der Waals surface area contributed by atoms with E-state index in [1.54, 1.807) is 19.2 Å².